The molecule has 6 nitrogen and oxygen atoms in total. The summed E-state index contributed by atoms with van der Waals surface area (Å²) in [5, 5.41) is 18.3. The average molecular weight is 469 g/mol. The van der Waals surface area contributed by atoms with Crippen molar-refractivity contribution in [2.24, 2.45) is 0 Å². The maximum atomic E-state index is 12.1. The normalized spacial score (nSPS) is 10.8. The van der Waals surface area contributed by atoms with E-state index in [1.165, 1.54) is 23.1 Å². The zero-order valence-corrected chi connectivity index (χ0v) is 18.3. The standard InChI is InChI=1S/C23H21BrN2O4/c1-4-5-18-10-16(11-19(13-25)22(27)26(2)3)12-20(24)21(18)30-14-15-6-8-17(9-7-15)23(28)29/h4,6-12H,1,5,14H2,2-3H3,(H,28,29)/b19-11-. The molecule has 0 aromatic heterocycles. The maximum absolute atomic E-state index is 12.1. The first-order valence-corrected chi connectivity index (χ1v) is 9.78. The van der Waals surface area contributed by atoms with Gasteiger partial charge in [-0.15, -0.1) is 6.58 Å². The Hall–Kier alpha value is -3.37. The summed E-state index contributed by atoms with van der Waals surface area (Å²) < 4.78 is 6.65. The summed E-state index contributed by atoms with van der Waals surface area (Å²) in [6, 6.07) is 12.0. The molecule has 2 aromatic carbocycles. The molecular weight excluding hydrogens is 448 g/mol. The highest BCUT2D eigenvalue weighted by atomic mass is 79.9. The molecule has 0 aliphatic carbocycles. The minimum atomic E-state index is -0.980. The van der Waals surface area contributed by atoms with Gasteiger partial charge in [0, 0.05) is 14.1 Å². The maximum Gasteiger partial charge on any atom is 0.335 e. The number of hydrogen-bond donors (Lipinski definition) is 1. The highest BCUT2D eigenvalue weighted by molar-refractivity contribution is 9.10. The van der Waals surface area contributed by atoms with Gasteiger partial charge in [0.25, 0.3) is 5.91 Å². The van der Waals surface area contributed by atoms with Crippen LogP contribution in [0.25, 0.3) is 6.08 Å². The summed E-state index contributed by atoms with van der Waals surface area (Å²) in [5.74, 6) is -0.734. The number of hydrogen-bond acceptors (Lipinski definition) is 4. The fourth-order valence-electron chi connectivity index (χ4n) is 2.67. The smallest absolute Gasteiger partial charge is 0.335 e. The van der Waals surface area contributed by atoms with E-state index in [-0.39, 0.29) is 23.7 Å². The van der Waals surface area contributed by atoms with Crippen LogP contribution in [0.2, 0.25) is 0 Å². The number of benzene rings is 2. The van der Waals surface area contributed by atoms with Crippen LogP contribution in [0.1, 0.15) is 27.0 Å². The minimum absolute atomic E-state index is 0.0311. The Morgan fingerprint density at radius 1 is 1.27 bits per heavy atom. The number of allylic oxidation sites excluding steroid dienone is 1. The molecule has 0 unspecified atom stereocenters. The molecule has 0 spiro atoms. The Balaban J connectivity index is 2.32. The van der Waals surface area contributed by atoms with Gasteiger partial charge in [0.05, 0.1) is 10.0 Å². The predicted molar refractivity (Wildman–Crippen MR) is 118 cm³/mol. The minimum Gasteiger partial charge on any atom is -0.487 e. The topological polar surface area (TPSA) is 90.6 Å². The Labute approximate surface area is 183 Å². The van der Waals surface area contributed by atoms with E-state index in [1.807, 2.05) is 12.1 Å². The first kappa shape index (κ1) is 22.9. The highest BCUT2D eigenvalue weighted by Crippen LogP contribution is 2.33. The third-order valence-corrected chi connectivity index (χ3v) is 4.75. The van der Waals surface area contributed by atoms with Gasteiger partial charge in [-0.1, -0.05) is 18.2 Å². The molecule has 0 heterocycles. The molecule has 0 saturated heterocycles. The SMILES string of the molecule is C=CCc1cc(/C=C(/C#N)C(=O)N(C)C)cc(Br)c1OCc1ccc(C(=O)O)cc1. The van der Waals surface area contributed by atoms with Crippen LogP contribution in [-0.2, 0) is 17.8 Å². The van der Waals surface area contributed by atoms with Crippen LogP contribution < -0.4 is 4.74 Å². The fourth-order valence-corrected chi connectivity index (χ4v) is 3.31. The van der Waals surface area contributed by atoms with Gasteiger partial charge in [0.1, 0.15) is 24.0 Å². The highest BCUT2D eigenvalue weighted by Gasteiger charge is 2.14. The van der Waals surface area contributed by atoms with Crippen molar-refractivity contribution in [3.8, 4) is 11.8 Å². The summed E-state index contributed by atoms with van der Waals surface area (Å²) in [7, 11) is 3.18. The molecule has 154 valence electrons. The van der Waals surface area contributed by atoms with Gasteiger partial charge in [-0.3, -0.25) is 4.79 Å². The Kier molecular flexibility index (Phi) is 7.96. The van der Waals surface area contributed by atoms with Crippen LogP contribution in [0.5, 0.6) is 5.75 Å². The first-order valence-electron chi connectivity index (χ1n) is 8.98. The first-order chi connectivity index (χ1) is 14.3. The van der Waals surface area contributed by atoms with E-state index in [0.29, 0.717) is 22.2 Å². The van der Waals surface area contributed by atoms with Gasteiger partial charge in [-0.25, -0.2) is 4.79 Å². The quantitative estimate of drug-likeness (QED) is 0.351. The van der Waals surface area contributed by atoms with Crippen LogP contribution in [0, 0.1) is 11.3 Å². The van der Waals surface area contributed by atoms with Crippen molar-refractivity contribution >= 4 is 33.9 Å². The van der Waals surface area contributed by atoms with Gasteiger partial charge in [-0.2, -0.15) is 5.26 Å². The predicted octanol–water partition coefficient (Wildman–Crippen LogP) is 4.45. The van der Waals surface area contributed by atoms with E-state index in [1.54, 1.807) is 38.4 Å². The molecule has 2 rings (SSSR count). The van der Waals surface area contributed by atoms with E-state index < -0.39 is 5.97 Å². The van der Waals surface area contributed by atoms with Crippen molar-refractivity contribution in [1.29, 1.82) is 5.26 Å². The van der Waals surface area contributed by atoms with Crippen LogP contribution in [0.4, 0.5) is 0 Å². The Morgan fingerprint density at radius 2 is 1.93 bits per heavy atom. The second kappa shape index (κ2) is 10.4. The lowest BCUT2D eigenvalue weighted by molar-refractivity contribution is -0.124. The lowest BCUT2D eigenvalue weighted by Crippen LogP contribution is -2.22. The fraction of sp³-hybridized carbons (Fsp3) is 0.174. The van der Waals surface area contributed by atoms with Crippen molar-refractivity contribution in [1.82, 2.24) is 4.90 Å². The monoisotopic (exact) mass is 468 g/mol. The number of rotatable bonds is 8. The molecule has 30 heavy (non-hydrogen) atoms. The largest absolute Gasteiger partial charge is 0.487 e. The summed E-state index contributed by atoms with van der Waals surface area (Å²) in [5.41, 5.74) is 2.59. The molecule has 7 heteroatoms. The zero-order chi connectivity index (χ0) is 22.3. The summed E-state index contributed by atoms with van der Waals surface area (Å²) in [4.78, 5) is 24.4. The van der Waals surface area contributed by atoms with E-state index in [0.717, 1.165) is 11.1 Å². The van der Waals surface area contributed by atoms with E-state index in [2.05, 4.69) is 22.5 Å². The van der Waals surface area contributed by atoms with Gasteiger partial charge in [0.15, 0.2) is 0 Å². The summed E-state index contributed by atoms with van der Waals surface area (Å²) in [6.45, 7) is 4.02. The number of carbonyl (C=O) groups is 2. The number of amides is 1. The Bertz CT molecular complexity index is 1030. The van der Waals surface area contributed by atoms with Gasteiger partial charge in [-0.05, 0) is 69.4 Å². The molecule has 2 aromatic rings. The number of carboxylic acid groups (broad SMARTS) is 1. The van der Waals surface area contributed by atoms with Crippen LogP contribution in [0.15, 0.2) is 59.1 Å². The molecule has 0 bridgehead atoms. The van der Waals surface area contributed by atoms with E-state index in [9.17, 15) is 14.9 Å². The number of carbonyl (C=O) groups excluding carboxylic acids is 1. The molecule has 0 atom stereocenters. The number of nitriles is 1. The molecule has 1 amide bonds. The lowest BCUT2D eigenvalue weighted by atomic mass is 10.0. The zero-order valence-electron chi connectivity index (χ0n) is 16.7. The van der Waals surface area contributed by atoms with Crippen molar-refractivity contribution in [2.75, 3.05) is 14.1 Å². The van der Waals surface area contributed by atoms with Crippen LogP contribution in [0.3, 0.4) is 0 Å². The molecule has 0 fully saturated rings. The molecule has 0 aliphatic rings. The molecule has 1 N–H and O–H groups in total. The van der Waals surface area contributed by atoms with Crippen LogP contribution in [-0.4, -0.2) is 36.0 Å². The second-order valence-electron chi connectivity index (χ2n) is 6.64. The molecule has 0 saturated carbocycles. The number of aromatic carboxylic acids is 1. The third-order valence-electron chi connectivity index (χ3n) is 4.16. The van der Waals surface area contributed by atoms with Gasteiger partial charge in [0.2, 0.25) is 0 Å². The third kappa shape index (κ3) is 5.82. The summed E-state index contributed by atoms with van der Waals surface area (Å²) >= 11 is 3.51. The summed E-state index contributed by atoms with van der Waals surface area (Å²) in [6.07, 6.45) is 3.80. The number of halogens is 1. The molecule has 0 aliphatic heterocycles. The van der Waals surface area contributed by atoms with Crippen molar-refractivity contribution < 1.29 is 19.4 Å². The lowest BCUT2D eigenvalue weighted by Gasteiger charge is -2.15. The Morgan fingerprint density at radius 3 is 2.47 bits per heavy atom. The number of nitrogens with zero attached hydrogens (tertiary/aromatic N) is 2. The van der Waals surface area contributed by atoms with Crippen LogP contribution >= 0.6 is 15.9 Å². The van der Waals surface area contributed by atoms with Gasteiger partial charge < -0.3 is 14.7 Å². The van der Waals surface area contributed by atoms with Crippen molar-refractivity contribution in [3.63, 3.8) is 0 Å². The average Bonchev–Trinajstić information content (AvgIpc) is 2.71. The molecule has 0 radical (unpaired) electrons. The second-order valence-corrected chi connectivity index (χ2v) is 7.50. The van der Waals surface area contributed by atoms with Crippen molar-refractivity contribution in [2.45, 2.75) is 13.0 Å². The van der Waals surface area contributed by atoms with Gasteiger partial charge >= 0.3 is 5.97 Å². The van der Waals surface area contributed by atoms with E-state index >= 15 is 0 Å². The molecular formula is C23H21BrN2O4. The number of ether oxygens (including phenoxy) is 1. The van der Waals surface area contributed by atoms with E-state index in [4.69, 9.17) is 9.84 Å². The van der Waals surface area contributed by atoms with Crippen molar-refractivity contribution in [3.05, 3.63) is 81.4 Å². The number of likely N-dealkylation sites (N-methyl/N-ethyl adjacent to an activating group) is 1. The number of carboxylic acids is 1.